The second-order valence-corrected chi connectivity index (χ2v) is 3.31. The van der Waals surface area contributed by atoms with Gasteiger partial charge in [0.25, 0.3) is 5.92 Å². The van der Waals surface area contributed by atoms with Crippen LogP contribution >= 0.6 is 0 Å². The van der Waals surface area contributed by atoms with Crippen molar-refractivity contribution in [2.24, 2.45) is 0 Å². The third kappa shape index (κ3) is 3.03. The second-order valence-electron chi connectivity index (χ2n) is 3.31. The summed E-state index contributed by atoms with van der Waals surface area (Å²) in [5, 5.41) is 8.48. The average molecular weight is 179 g/mol. The van der Waals surface area contributed by atoms with E-state index in [9.17, 15) is 8.78 Å². The van der Waals surface area contributed by atoms with Gasteiger partial charge in [-0.1, -0.05) is 0 Å². The molecule has 0 aromatic heterocycles. The molecule has 1 heterocycles. The topological polar surface area (TPSA) is 23.5 Å². The highest BCUT2D eigenvalue weighted by Gasteiger charge is 2.37. The van der Waals surface area contributed by atoms with Gasteiger partial charge in [-0.2, -0.15) is 0 Å². The van der Waals surface area contributed by atoms with Crippen LogP contribution in [0.2, 0.25) is 0 Å². The molecule has 0 aliphatic carbocycles. The van der Waals surface area contributed by atoms with E-state index in [1.807, 2.05) is 0 Å². The standard InChI is InChI=1S/C8H15F2NO/c9-8(10)3-5-11(7-8)4-1-2-6-12/h12H,1-7H2. The van der Waals surface area contributed by atoms with Crippen molar-refractivity contribution in [2.75, 3.05) is 26.2 Å². The van der Waals surface area contributed by atoms with Crippen molar-refractivity contribution in [3.63, 3.8) is 0 Å². The highest BCUT2D eigenvalue weighted by molar-refractivity contribution is 4.81. The summed E-state index contributed by atoms with van der Waals surface area (Å²) in [5.41, 5.74) is 0. The van der Waals surface area contributed by atoms with Crippen LogP contribution in [-0.2, 0) is 0 Å². The molecule has 1 saturated heterocycles. The zero-order valence-corrected chi connectivity index (χ0v) is 7.10. The molecule has 0 spiro atoms. The van der Waals surface area contributed by atoms with E-state index in [0.717, 1.165) is 6.42 Å². The van der Waals surface area contributed by atoms with E-state index < -0.39 is 5.92 Å². The molecule has 0 radical (unpaired) electrons. The van der Waals surface area contributed by atoms with Gasteiger partial charge in [0.2, 0.25) is 0 Å². The minimum absolute atomic E-state index is 0.00781. The lowest BCUT2D eigenvalue weighted by molar-refractivity contribution is 0.0120. The Kier molecular flexibility index (Phi) is 3.40. The van der Waals surface area contributed by atoms with Gasteiger partial charge in [0.1, 0.15) is 0 Å². The van der Waals surface area contributed by atoms with Gasteiger partial charge in [0.15, 0.2) is 0 Å². The van der Waals surface area contributed by atoms with Crippen molar-refractivity contribution in [1.29, 1.82) is 0 Å². The maximum absolute atomic E-state index is 12.6. The Morgan fingerprint density at radius 3 is 2.58 bits per heavy atom. The number of aliphatic hydroxyl groups excluding tert-OH is 1. The maximum Gasteiger partial charge on any atom is 0.261 e. The first-order valence-corrected chi connectivity index (χ1v) is 4.35. The van der Waals surface area contributed by atoms with Crippen molar-refractivity contribution in [3.8, 4) is 0 Å². The van der Waals surface area contributed by atoms with Crippen LogP contribution in [0, 0.1) is 0 Å². The highest BCUT2D eigenvalue weighted by atomic mass is 19.3. The number of halogens is 2. The molecule has 12 heavy (non-hydrogen) atoms. The first-order chi connectivity index (χ1) is 5.64. The summed E-state index contributed by atoms with van der Waals surface area (Å²) < 4.78 is 25.2. The predicted octanol–water partition coefficient (Wildman–Crippen LogP) is 1.10. The molecular weight excluding hydrogens is 164 g/mol. The number of unbranched alkanes of at least 4 members (excludes halogenated alkanes) is 1. The van der Waals surface area contributed by atoms with Crippen LogP contribution in [0.4, 0.5) is 8.78 Å². The fourth-order valence-corrected chi connectivity index (χ4v) is 1.45. The third-order valence-corrected chi connectivity index (χ3v) is 2.13. The van der Waals surface area contributed by atoms with Crippen LogP contribution in [0.25, 0.3) is 0 Å². The van der Waals surface area contributed by atoms with Crippen molar-refractivity contribution in [2.45, 2.75) is 25.2 Å². The van der Waals surface area contributed by atoms with Gasteiger partial charge in [-0.05, 0) is 19.4 Å². The van der Waals surface area contributed by atoms with Gasteiger partial charge < -0.3 is 5.11 Å². The second kappa shape index (κ2) is 4.14. The van der Waals surface area contributed by atoms with E-state index in [0.29, 0.717) is 19.5 Å². The SMILES string of the molecule is OCCCCN1CCC(F)(F)C1. The molecule has 1 fully saturated rings. The molecule has 1 aliphatic heterocycles. The molecule has 72 valence electrons. The number of likely N-dealkylation sites (tertiary alicyclic amines) is 1. The molecule has 1 aliphatic rings. The molecule has 4 heteroatoms. The van der Waals surface area contributed by atoms with Crippen LogP contribution in [0.15, 0.2) is 0 Å². The minimum Gasteiger partial charge on any atom is -0.396 e. The zero-order valence-electron chi connectivity index (χ0n) is 7.10. The number of hydrogen-bond acceptors (Lipinski definition) is 2. The summed E-state index contributed by atoms with van der Waals surface area (Å²) in [7, 11) is 0. The number of hydrogen-bond donors (Lipinski definition) is 1. The molecule has 1 rings (SSSR count). The van der Waals surface area contributed by atoms with Crippen molar-refractivity contribution in [3.05, 3.63) is 0 Å². The largest absolute Gasteiger partial charge is 0.396 e. The number of rotatable bonds is 4. The quantitative estimate of drug-likeness (QED) is 0.653. The Labute approximate surface area is 71.2 Å². The third-order valence-electron chi connectivity index (χ3n) is 2.13. The van der Waals surface area contributed by atoms with Gasteiger partial charge in [0.05, 0.1) is 6.54 Å². The van der Waals surface area contributed by atoms with Gasteiger partial charge in [-0.3, -0.25) is 4.90 Å². The van der Waals surface area contributed by atoms with Crippen LogP contribution < -0.4 is 0 Å². The van der Waals surface area contributed by atoms with Gasteiger partial charge in [0, 0.05) is 19.6 Å². The molecule has 0 saturated carbocycles. The fourth-order valence-electron chi connectivity index (χ4n) is 1.45. The van der Waals surface area contributed by atoms with E-state index in [1.54, 1.807) is 4.90 Å². The van der Waals surface area contributed by atoms with Crippen molar-refractivity contribution >= 4 is 0 Å². The summed E-state index contributed by atoms with van der Waals surface area (Å²) in [6.07, 6.45) is 1.51. The summed E-state index contributed by atoms with van der Waals surface area (Å²) in [5.74, 6) is -2.47. The van der Waals surface area contributed by atoms with Crippen molar-refractivity contribution in [1.82, 2.24) is 4.90 Å². The van der Waals surface area contributed by atoms with E-state index in [2.05, 4.69) is 0 Å². The van der Waals surface area contributed by atoms with E-state index in [4.69, 9.17) is 5.11 Å². The number of aliphatic hydroxyl groups is 1. The lowest BCUT2D eigenvalue weighted by Crippen LogP contribution is -2.26. The van der Waals surface area contributed by atoms with Crippen molar-refractivity contribution < 1.29 is 13.9 Å². The smallest absolute Gasteiger partial charge is 0.261 e. The predicted molar refractivity (Wildman–Crippen MR) is 42.3 cm³/mol. The first kappa shape index (κ1) is 9.86. The summed E-state index contributed by atoms with van der Waals surface area (Å²) >= 11 is 0. The highest BCUT2D eigenvalue weighted by Crippen LogP contribution is 2.26. The van der Waals surface area contributed by atoms with Crippen LogP contribution in [0.1, 0.15) is 19.3 Å². The Hall–Kier alpha value is -0.220. The number of nitrogens with zero attached hydrogens (tertiary/aromatic N) is 1. The molecule has 0 bridgehead atoms. The average Bonchev–Trinajstić information content (AvgIpc) is 2.31. The van der Waals surface area contributed by atoms with Crippen LogP contribution in [-0.4, -0.2) is 42.2 Å². The monoisotopic (exact) mass is 179 g/mol. The zero-order chi connectivity index (χ0) is 9.03. The Morgan fingerprint density at radius 2 is 2.08 bits per heavy atom. The molecule has 0 unspecified atom stereocenters. The molecule has 1 N–H and O–H groups in total. The Morgan fingerprint density at radius 1 is 1.33 bits per heavy atom. The van der Waals surface area contributed by atoms with Crippen LogP contribution in [0.3, 0.4) is 0 Å². The van der Waals surface area contributed by atoms with E-state index in [1.165, 1.54) is 0 Å². The lowest BCUT2D eigenvalue weighted by Gasteiger charge is -2.14. The molecular formula is C8H15F2NO. The van der Waals surface area contributed by atoms with Gasteiger partial charge in [-0.25, -0.2) is 8.78 Å². The van der Waals surface area contributed by atoms with E-state index in [-0.39, 0.29) is 19.6 Å². The Bertz CT molecular complexity index is 141. The van der Waals surface area contributed by atoms with Crippen LogP contribution in [0.5, 0.6) is 0 Å². The van der Waals surface area contributed by atoms with Gasteiger partial charge >= 0.3 is 0 Å². The summed E-state index contributed by atoms with van der Waals surface area (Å²) in [4.78, 5) is 1.76. The molecule has 0 aromatic carbocycles. The summed E-state index contributed by atoms with van der Waals surface area (Å²) in [6, 6.07) is 0. The minimum atomic E-state index is -2.47. The first-order valence-electron chi connectivity index (χ1n) is 4.35. The lowest BCUT2D eigenvalue weighted by atomic mass is 10.3. The molecule has 0 aromatic rings. The molecule has 0 atom stereocenters. The summed E-state index contributed by atoms with van der Waals surface area (Å²) in [6.45, 7) is 1.25. The maximum atomic E-state index is 12.6. The number of alkyl halides is 2. The normalized spacial score (nSPS) is 23.2. The fraction of sp³-hybridized carbons (Fsp3) is 1.00. The van der Waals surface area contributed by atoms with Gasteiger partial charge in [-0.15, -0.1) is 0 Å². The molecule has 0 amide bonds. The molecule has 2 nitrogen and oxygen atoms in total. The Balaban J connectivity index is 2.11. The van der Waals surface area contributed by atoms with E-state index >= 15 is 0 Å².